The second-order valence-electron chi connectivity index (χ2n) is 5.25. The van der Waals surface area contributed by atoms with Gasteiger partial charge in [0.1, 0.15) is 5.82 Å². The van der Waals surface area contributed by atoms with Gasteiger partial charge in [-0.25, -0.2) is 4.39 Å². The maximum atomic E-state index is 13.0. The van der Waals surface area contributed by atoms with E-state index in [1.807, 2.05) is 0 Å². The lowest BCUT2D eigenvalue weighted by atomic mass is 9.96. The molecule has 0 saturated heterocycles. The van der Waals surface area contributed by atoms with Crippen molar-refractivity contribution in [2.24, 2.45) is 11.8 Å². The Balaban J connectivity index is 1.82. The molecular weight excluding hydrogens is 261 g/mol. The molecule has 0 heterocycles. The van der Waals surface area contributed by atoms with Gasteiger partial charge in [0, 0.05) is 6.54 Å². The van der Waals surface area contributed by atoms with Crippen molar-refractivity contribution in [1.82, 2.24) is 5.32 Å². The fraction of sp³-hybridized carbons (Fsp3) is 0.467. The third-order valence-corrected chi connectivity index (χ3v) is 3.79. The second-order valence-corrected chi connectivity index (χ2v) is 5.25. The summed E-state index contributed by atoms with van der Waals surface area (Å²) in [6, 6.07) is 5.92. The first-order valence-corrected chi connectivity index (χ1v) is 6.80. The van der Waals surface area contributed by atoms with Crippen LogP contribution in [0, 0.1) is 17.7 Å². The first-order valence-electron chi connectivity index (χ1n) is 6.80. The minimum Gasteiger partial charge on any atom is -0.481 e. The van der Waals surface area contributed by atoms with Gasteiger partial charge in [-0.15, -0.1) is 0 Å². The van der Waals surface area contributed by atoms with E-state index in [1.54, 1.807) is 12.1 Å². The highest BCUT2D eigenvalue weighted by atomic mass is 19.1. The maximum absolute atomic E-state index is 13.0. The number of hydrogen-bond donors (Lipinski definition) is 2. The highest BCUT2D eigenvalue weighted by Gasteiger charge is 2.32. The van der Waals surface area contributed by atoms with E-state index in [2.05, 4.69) is 5.32 Å². The normalized spacial score (nSPS) is 21.6. The Morgan fingerprint density at radius 1 is 1.35 bits per heavy atom. The Hall–Kier alpha value is -1.91. The van der Waals surface area contributed by atoms with Crippen LogP contribution in [0.3, 0.4) is 0 Å². The standard InChI is InChI=1S/C15H18FNO3/c16-12-5-1-3-10(7-12)8-14(18)17-9-11-4-2-6-13(11)15(19)20/h1,3,5,7,11,13H,2,4,6,8-9H2,(H,17,18)(H,19,20). The molecule has 0 bridgehead atoms. The van der Waals surface area contributed by atoms with Crippen LogP contribution in [0.4, 0.5) is 4.39 Å². The molecule has 1 amide bonds. The Morgan fingerprint density at radius 2 is 2.15 bits per heavy atom. The van der Waals surface area contributed by atoms with Crippen LogP contribution >= 0.6 is 0 Å². The number of rotatable bonds is 5. The zero-order valence-electron chi connectivity index (χ0n) is 11.1. The van der Waals surface area contributed by atoms with Gasteiger partial charge in [0.25, 0.3) is 0 Å². The van der Waals surface area contributed by atoms with Crippen molar-refractivity contribution in [3.63, 3.8) is 0 Å². The maximum Gasteiger partial charge on any atom is 0.306 e. The first-order chi connectivity index (χ1) is 9.56. The molecule has 108 valence electrons. The molecule has 0 radical (unpaired) electrons. The number of carbonyl (C=O) groups is 2. The molecule has 0 spiro atoms. The molecule has 1 fully saturated rings. The number of aliphatic carboxylic acids is 1. The summed E-state index contributed by atoms with van der Waals surface area (Å²) < 4.78 is 13.0. The highest BCUT2D eigenvalue weighted by molar-refractivity contribution is 5.78. The topological polar surface area (TPSA) is 66.4 Å². The fourth-order valence-electron chi connectivity index (χ4n) is 2.75. The van der Waals surface area contributed by atoms with E-state index in [0.717, 1.165) is 12.8 Å². The molecule has 1 saturated carbocycles. The molecule has 2 unspecified atom stereocenters. The van der Waals surface area contributed by atoms with Gasteiger partial charge in [-0.1, -0.05) is 18.6 Å². The highest BCUT2D eigenvalue weighted by Crippen LogP contribution is 2.31. The fourth-order valence-corrected chi connectivity index (χ4v) is 2.75. The molecule has 1 aliphatic carbocycles. The van der Waals surface area contributed by atoms with Gasteiger partial charge in [-0.3, -0.25) is 9.59 Å². The summed E-state index contributed by atoms with van der Waals surface area (Å²) in [5.41, 5.74) is 0.615. The SMILES string of the molecule is O=C(Cc1cccc(F)c1)NCC1CCCC1C(=O)O. The molecule has 1 aromatic carbocycles. The monoisotopic (exact) mass is 279 g/mol. The number of carboxylic acids is 1. The quantitative estimate of drug-likeness (QED) is 0.866. The molecule has 4 nitrogen and oxygen atoms in total. The van der Waals surface area contributed by atoms with Crippen LogP contribution in [0.15, 0.2) is 24.3 Å². The largest absolute Gasteiger partial charge is 0.481 e. The number of carbonyl (C=O) groups excluding carboxylic acids is 1. The Morgan fingerprint density at radius 3 is 2.85 bits per heavy atom. The van der Waals surface area contributed by atoms with Gasteiger partial charge >= 0.3 is 5.97 Å². The average molecular weight is 279 g/mol. The van der Waals surface area contributed by atoms with E-state index in [-0.39, 0.29) is 30.0 Å². The molecular formula is C15H18FNO3. The summed E-state index contributed by atoms with van der Waals surface area (Å²) in [6.07, 6.45) is 2.51. The molecule has 0 aromatic heterocycles. The van der Waals surface area contributed by atoms with Gasteiger partial charge in [0.05, 0.1) is 12.3 Å². The molecule has 2 rings (SSSR count). The minimum absolute atomic E-state index is 0.00367. The van der Waals surface area contributed by atoms with Crippen molar-refractivity contribution in [2.45, 2.75) is 25.7 Å². The number of benzene rings is 1. The van der Waals surface area contributed by atoms with Crippen LogP contribution < -0.4 is 5.32 Å². The van der Waals surface area contributed by atoms with Crippen molar-refractivity contribution in [2.75, 3.05) is 6.54 Å². The lowest BCUT2D eigenvalue weighted by Crippen LogP contribution is -2.33. The summed E-state index contributed by atoms with van der Waals surface area (Å²) >= 11 is 0. The number of halogens is 1. The van der Waals surface area contributed by atoms with Crippen LogP contribution in [-0.2, 0) is 16.0 Å². The molecule has 1 aliphatic rings. The molecule has 0 aliphatic heterocycles. The average Bonchev–Trinajstić information content (AvgIpc) is 2.85. The summed E-state index contributed by atoms with van der Waals surface area (Å²) in [6.45, 7) is 0.380. The van der Waals surface area contributed by atoms with E-state index in [4.69, 9.17) is 5.11 Å². The first kappa shape index (κ1) is 14.5. The van der Waals surface area contributed by atoms with E-state index in [0.29, 0.717) is 18.5 Å². The smallest absolute Gasteiger partial charge is 0.306 e. The Bertz CT molecular complexity index is 504. The molecule has 20 heavy (non-hydrogen) atoms. The minimum atomic E-state index is -0.785. The van der Waals surface area contributed by atoms with Gasteiger partial charge in [0.2, 0.25) is 5.91 Å². The number of carboxylic acid groups (broad SMARTS) is 1. The van der Waals surface area contributed by atoms with Crippen molar-refractivity contribution >= 4 is 11.9 Å². The van der Waals surface area contributed by atoms with Crippen LogP contribution in [0.1, 0.15) is 24.8 Å². The number of nitrogens with one attached hydrogen (secondary N) is 1. The van der Waals surface area contributed by atoms with Crippen molar-refractivity contribution in [3.8, 4) is 0 Å². The zero-order valence-corrected chi connectivity index (χ0v) is 11.1. The van der Waals surface area contributed by atoms with Crippen LogP contribution in [-0.4, -0.2) is 23.5 Å². The van der Waals surface area contributed by atoms with Gasteiger partial charge in [0.15, 0.2) is 0 Å². The predicted octanol–water partition coefficient (Wildman–Crippen LogP) is 1.99. The molecule has 1 aromatic rings. The third-order valence-electron chi connectivity index (χ3n) is 3.79. The third kappa shape index (κ3) is 3.79. The van der Waals surface area contributed by atoms with Gasteiger partial charge < -0.3 is 10.4 Å². The van der Waals surface area contributed by atoms with E-state index in [9.17, 15) is 14.0 Å². The molecule has 5 heteroatoms. The molecule has 2 N–H and O–H groups in total. The predicted molar refractivity (Wildman–Crippen MR) is 71.6 cm³/mol. The number of hydrogen-bond acceptors (Lipinski definition) is 2. The lowest BCUT2D eigenvalue weighted by molar-refractivity contribution is -0.143. The lowest BCUT2D eigenvalue weighted by Gasteiger charge is -2.16. The van der Waals surface area contributed by atoms with Crippen LogP contribution in [0.5, 0.6) is 0 Å². The van der Waals surface area contributed by atoms with Crippen LogP contribution in [0.25, 0.3) is 0 Å². The summed E-state index contributed by atoms with van der Waals surface area (Å²) in [5.74, 6) is -1.70. The second kappa shape index (κ2) is 6.50. The van der Waals surface area contributed by atoms with E-state index < -0.39 is 5.97 Å². The van der Waals surface area contributed by atoms with Crippen molar-refractivity contribution in [3.05, 3.63) is 35.6 Å². The zero-order chi connectivity index (χ0) is 14.5. The van der Waals surface area contributed by atoms with E-state index in [1.165, 1.54) is 12.1 Å². The number of amides is 1. The van der Waals surface area contributed by atoms with E-state index >= 15 is 0 Å². The van der Waals surface area contributed by atoms with Crippen molar-refractivity contribution in [1.29, 1.82) is 0 Å². The summed E-state index contributed by atoms with van der Waals surface area (Å²) in [4.78, 5) is 22.8. The molecule has 2 atom stereocenters. The summed E-state index contributed by atoms with van der Waals surface area (Å²) in [5, 5.41) is 11.8. The van der Waals surface area contributed by atoms with Gasteiger partial charge in [-0.2, -0.15) is 0 Å². The van der Waals surface area contributed by atoms with Crippen LogP contribution in [0.2, 0.25) is 0 Å². The summed E-state index contributed by atoms with van der Waals surface area (Å²) in [7, 11) is 0. The van der Waals surface area contributed by atoms with Crippen molar-refractivity contribution < 1.29 is 19.1 Å². The Kier molecular flexibility index (Phi) is 4.71. The Labute approximate surface area is 117 Å². The van der Waals surface area contributed by atoms with Gasteiger partial charge in [-0.05, 0) is 36.5 Å².